The summed E-state index contributed by atoms with van der Waals surface area (Å²) in [6.07, 6.45) is 2.91. The smallest absolute Gasteiger partial charge is 0.355 e. The summed E-state index contributed by atoms with van der Waals surface area (Å²) < 4.78 is 13.2. The maximum Gasteiger partial charge on any atom is 0.355 e. The van der Waals surface area contributed by atoms with Crippen molar-refractivity contribution in [1.29, 1.82) is 0 Å². The van der Waals surface area contributed by atoms with Gasteiger partial charge in [0.25, 0.3) is 0 Å². The lowest BCUT2D eigenvalue weighted by Crippen LogP contribution is -2.63. The van der Waals surface area contributed by atoms with Crippen molar-refractivity contribution in [1.82, 2.24) is 4.90 Å². The Kier molecular flexibility index (Phi) is 9.76. The molecule has 0 saturated carbocycles. The van der Waals surface area contributed by atoms with Crippen LogP contribution >= 0.6 is 45.2 Å². The van der Waals surface area contributed by atoms with Gasteiger partial charge >= 0.3 is 11.9 Å². The van der Waals surface area contributed by atoms with E-state index in [1.165, 1.54) is 17.1 Å². The van der Waals surface area contributed by atoms with Crippen molar-refractivity contribution in [2.75, 3.05) is 19.8 Å². The van der Waals surface area contributed by atoms with E-state index in [9.17, 15) is 14.4 Å². The van der Waals surface area contributed by atoms with Crippen LogP contribution in [0.15, 0.2) is 54.8 Å². The standard InChI is InChI=1S/C25H27I2NO7/c1-5-9-32-25(31)22-17(13-33-19-11-16(12-26)7-8-18(19)27)14(3)21-20(23(29)28(21)22)15(4)24(30)35-34-10-6-2/h5-8,11,14-15,20-21H,1-2,9-10,12-13H2,3-4H3. The molecular formula is C25H27I2NO7. The van der Waals surface area contributed by atoms with E-state index < -0.39 is 29.8 Å². The molecule has 0 aliphatic carbocycles. The lowest BCUT2D eigenvalue weighted by Gasteiger charge is -2.47. The zero-order valence-electron chi connectivity index (χ0n) is 19.5. The first-order chi connectivity index (χ1) is 16.8. The average molecular weight is 707 g/mol. The van der Waals surface area contributed by atoms with E-state index in [-0.39, 0.29) is 37.3 Å². The van der Waals surface area contributed by atoms with Crippen LogP contribution in [0.4, 0.5) is 0 Å². The van der Waals surface area contributed by atoms with Crippen LogP contribution in [-0.2, 0) is 33.3 Å². The number of ether oxygens (including phenoxy) is 2. The molecular weight excluding hydrogens is 680 g/mol. The minimum absolute atomic E-state index is 0.0138. The number of carbonyl (C=O) groups is 3. The zero-order chi connectivity index (χ0) is 25.7. The fourth-order valence-corrected chi connectivity index (χ4v) is 5.27. The number of hydrogen-bond donors (Lipinski definition) is 0. The van der Waals surface area contributed by atoms with Crippen molar-refractivity contribution < 1.29 is 33.6 Å². The van der Waals surface area contributed by atoms with E-state index in [1.54, 1.807) is 6.92 Å². The molecule has 1 aromatic rings. The van der Waals surface area contributed by atoms with Gasteiger partial charge in [-0.25, -0.2) is 9.59 Å². The Bertz CT molecular complexity index is 1050. The van der Waals surface area contributed by atoms with Gasteiger partial charge in [-0.1, -0.05) is 61.2 Å². The fraction of sp³-hybridized carbons (Fsp3) is 0.400. The van der Waals surface area contributed by atoms with Gasteiger partial charge in [-0.2, -0.15) is 4.89 Å². The van der Waals surface area contributed by atoms with Crippen molar-refractivity contribution in [3.05, 3.63) is 63.9 Å². The molecule has 0 spiro atoms. The maximum absolute atomic E-state index is 13.2. The number of carbonyl (C=O) groups excluding carboxylic acids is 3. The summed E-state index contributed by atoms with van der Waals surface area (Å²) in [4.78, 5) is 49.6. The zero-order valence-corrected chi connectivity index (χ0v) is 23.8. The van der Waals surface area contributed by atoms with Crippen LogP contribution in [-0.4, -0.2) is 48.6 Å². The minimum Gasteiger partial charge on any atom is -0.488 e. The van der Waals surface area contributed by atoms with Gasteiger partial charge in [0.05, 0.1) is 21.4 Å². The second kappa shape index (κ2) is 12.3. The molecule has 188 valence electrons. The summed E-state index contributed by atoms with van der Waals surface area (Å²) in [7, 11) is 0. The molecule has 0 N–H and O–H groups in total. The van der Waals surface area contributed by atoms with Gasteiger partial charge in [0.15, 0.2) is 0 Å². The van der Waals surface area contributed by atoms with Crippen LogP contribution in [0.5, 0.6) is 5.75 Å². The molecule has 2 aliphatic heterocycles. The van der Waals surface area contributed by atoms with Gasteiger partial charge < -0.3 is 14.4 Å². The largest absolute Gasteiger partial charge is 0.488 e. The van der Waals surface area contributed by atoms with Gasteiger partial charge in [0.2, 0.25) is 5.91 Å². The van der Waals surface area contributed by atoms with Gasteiger partial charge in [-0.15, -0.1) is 6.58 Å². The van der Waals surface area contributed by atoms with E-state index in [0.29, 0.717) is 11.3 Å². The molecule has 4 unspecified atom stereocenters. The molecule has 1 saturated heterocycles. The third-order valence-corrected chi connectivity index (χ3v) is 7.86. The molecule has 8 nitrogen and oxygen atoms in total. The van der Waals surface area contributed by atoms with Crippen LogP contribution in [0.25, 0.3) is 0 Å². The van der Waals surface area contributed by atoms with E-state index in [4.69, 9.17) is 19.2 Å². The van der Waals surface area contributed by atoms with Crippen molar-refractivity contribution in [2.45, 2.75) is 24.3 Å². The van der Waals surface area contributed by atoms with E-state index >= 15 is 0 Å². The predicted molar refractivity (Wildman–Crippen MR) is 145 cm³/mol. The Hall–Kier alpha value is -1.93. The highest BCUT2D eigenvalue weighted by atomic mass is 127. The quantitative estimate of drug-likeness (QED) is 0.0467. The highest BCUT2D eigenvalue weighted by Gasteiger charge is 2.61. The molecule has 3 rings (SSSR count). The Morgan fingerprint density at radius 1 is 1.23 bits per heavy atom. The molecule has 4 atom stereocenters. The maximum atomic E-state index is 13.2. The normalized spacial score (nSPS) is 21.7. The average Bonchev–Trinajstić information content (AvgIpc) is 3.10. The van der Waals surface area contributed by atoms with Crippen LogP contribution < -0.4 is 4.74 Å². The first kappa shape index (κ1) is 27.7. The van der Waals surface area contributed by atoms with E-state index in [1.807, 2.05) is 25.1 Å². The first-order valence-electron chi connectivity index (χ1n) is 11.0. The number of halogens is 2. The summed E-state index contributed by atoms with van der Waals surface area (Å²) in [5.74, 6) is -2.56. The summed E-state index contributed by atoms with van der Waals surface area (Å²) in [6.45, 7) is 10.8. The number of fused-ring (bicyclic) bond motifs is 1. The molecule has 10 heteroatoms. The summed E-state index contributed by atoms with van der Waals surface area (Å²) >= 11 is 4.48. The molecule has 0 radical (unpaired) electrons. The Morgan fingerprint density at radius 3 is 2.60 bits per heavy atom. The highest BCUT2D eigenvalue weighted by molar-refractivity contribution is 14.1. The Balaban J connectivity index is 1.85. The molecule has 2 heterocycles. The van der Waals surface area contributed by atoms with Crippen molar-refractivity contribution in [3.8, 4) is 5.75 Å². The van der Waals surface area contributed by atoms with Crippen LogP contribution in [0.2, 0.25) is 0 Å². The number of alkyl halides is 1. The number of esters is 1. The summed E-state index contributed by atoms with van der Waals surface area (Å²) in [6, 6.07) is 5.58. The fourth-order valence-electron chi connectivity index (χ4n) is 4.30. The van der Waals surface area contributed by atoms with Gasteiger partial charge in [-0.05, 0) is 40.3 Å². The molecule has 0 aromatic heterocycles. The molecule has 1 fully saturated rings. The Labute approximate surface area is 231 Å². The number of β-lactam (4-membered cyclic amide) rings is 1. The molecule has 0 bridgehead atoms. The lowest BCUT2D eigenvalue weighted by atomic mass is 9.74. The summed E-state index contributed by atoms with van der Waals surface area (Å²) in [5, 5.41) is 0. The number of hydrogen-bond acceptors (Lipinski definition) is 7. The topological polar surface area (TPSA) is 91.4 Å². The third-order valence-electron chi connectivity index (χ3n) is 6.09. The van der Waals surface area contributed by atoms with Crippen LogP contribution in [0.3, 0.4) is 0 Å². The number of benzene rings is 1. The predicted octanol–water partition coefficient (Wildman–Crippen LogP) is 4.36. The second-order valence-corrected chi connectivity index (χ2v) is 10.2. The molecule has 1 amide bonds. The highest BCUT2D eigenvalue weighted by Crippen LogP contribution is 2.49. The van der Waals surface area contributed by atoms with Gasteiger partial charge in [-0.3, -0.25) is 9.68 Å². The summed E-state index contributed by atoms with van der Waals surface area (Å²) in [5.41, 5.74) is 1.94. The minimum atomic E-state index is -0.761. The number of nitrogens with zero attached hydrogens (tertiary/aromatic N) is 1. The Morgan fingerprint density at radius 2 is 1.94 bits per heavy atom. The van der Waals surface area contributed by atoms with Crippen LogP contribution in [0.1, 0.15) is 19.4 Å². The number of rotatable bonds is 12. The van der Waals surface area contributed by atoms with Crippen molar-refractivity contribution >= 4 is 63.0 Å². The van der Waals surface area contributed by atoms with Crippen molar-refractivity contribution in [3.63, 3.8) is 0 Å². The van der Waals surface area contributed by atoms with Gasteiger partial charge in [0, 0.05) is 15.9 Å². The van der Waals surface area contributed by atoms with Crippen LogP contribution in [0, 0.1) is 21.3 Å². The van der Waals surface area contributed by atoms with E-state index in [0.717, 1.165) is 13.6 Å². The SMILES string of the molecule is C=CCOOC(=O)C(C)C1C(=O)N2C(C(=O)OCC=C)=C(COc3cc(CI)ccc3I)C(C)C12. The molecule has 1 aromatic carbocycles. The number of amides is 1. The van der Waals surface area contributed by atoms with Crippen molar-refractivity contribution in [2.24, 2.45) is 17.8 Å². The second-order valence-electron chi connectivity index (χ2n) is 8.23. The van der Waals surface area contributed by atoms with Gasteiger partial charge in [0.1, 0.15) is 31.3 Å². The monoisotopic (exact) mass is 707 g/mol. The lowest BCUT2D eigenvalue weighted by molar-refractivity contribution is -0.271. The van der Waals surface area contributed by atoms with E-state index in [2.05, 4.69) is 58.3 Å². The first-order valence-corrected chi connectivity index (χ1v) is 13.6. The molecule has 2 aliphatic rings. The molecule has 35 heavy (non-hydrogen) atoms. The third kappa shape index (κ3) is 5.74.